The lowest BCUT2D eigenvalue weighted by Gasteiger charge is -2.36. The van der Waals surface area contributed by atoms with Crippen LogP contribution < -0.4 is 0 Å². The highest BCUT2D eigenvalue weighted by molar-refractivity contribution is 7.60. The number of carbonyl (C=O) groups is 1. The maximum absolute atomic E-state index is 12.9. The zero-order chi connectivity index (χ0) is 14.4. The molecule has 0 saturated carbocycles. The van der Waals surface area contributed by atoms with Crippen LogP contribution >= 0.6 is 7.37 Å². The SMILES string of the molecule is C=CC(=O)OP(=O)(CCCC)C(CO)[N+](C)(C)C. The van der Waals surface area contributed by atoms with E-state index < -0.39 is 19.1 Å². The number of hydrogen-bond donors (Lipinski definition) is 1. The van der Waals surface area contributed by atoms with Crippen LogP contribution in [0.2, 0.25) is 0 Å². The summed E-state index contributed by atoms with van der Waals surface area (Å²) in [5.41, 5.74) is 0. The van der Waals surface area contributed by atoms with Gasteiger partial charge in [0.1, 0.15) is 6.61 Å². The zero-order valence-corrected chi connectivity index (χ0v) is 12.7. The molecule has 0 heterocycles. The molecule has 1 N–H and O–H groups in total. The van der Waals surface area contributed by atoms with E-state index in [1.165, 1.54) is 0 Å². The average Bonchev–Trinajstić information content (AvgIpc) is 2.25. The molecule has 0 radical (unpaired) electrons. The van der Waals surface area contributed by atoms with Crippen LogP contribution in [-0.2, 0) is 13.9 Å². The van der Waals surface area contributed by atoms with Gasteiger partial charge < -0.3 is 14.1 Å². The first-order valence-corrected chi connectivity index (χ1v) is 7.96. The summed E-state index contributed by atoms with van der Waals surface area (Å²) in [6.07, 6.45) is 2.84. The molecule has 5 nitrogen and oxygen atoms in total. The molecule has 2 unspecified atom stereocenters. The summed E-state index contributed by atoms with van der Waals surface area (Å²) >= 11 is 0. The molecule has 0 aliphatic heterocycles. The fourth-order valence-electron chi connectivity index (χ4n) is 1.72. The van der Waals surface area contributed by atoms with Gasteiger partial charge in [0.2, 0.25) is 0 Å². The topological polar surface area (TPSA) is 63.6 Å². The number of aliphatic hydroxyl groups is 1. The van der Waals surface area contributed by atoms with Crippen LogP contribution in [0.25, 0.3) is 0 Å². The van der Waals surface area contributed by atoms with Gasteiger partial charge in [0.05, 0.1) is 21.1 Å². The number of likely N-dealkylation sites (N-methyl/N-ethyl adjacent to an activating group) is 1. The van der Waals surface area contributed by atoms with E-state index >= 15 is 0 Å². The monoisotopic (exact) mass is 278 g/mol. The fourth-order valence-corrected chi connectivity index (χ4v) is 4.67. The number of aliphatic hydroxyl groups excluding tert-OH is 1. The molecule has 0 bridgehead atoms. The quantitative estimate of drug-likeness (QED) is 0.418. The lowest BCUT2D eigenvalue weighted by molar-refractivity contribution is -0.883. The van der Waals surface area contributed by atoms with Gasteiger partial charge in [0.15, 0.2) is 5.78 Å². The number of carbonyl (C=O) groups excluding carboxylic acids is 1. The second-order valence-electron chi connectivity index (χ2n) is 5.20. The normalized spacial score (nSPS) is 16.7. The summed E-state index contributed by atoms with van der Waals surface area (Å²) < 4.78 is 18.2. The number of quaternary nitrogens is 1. The number of rotatable bonds is 8. The molecule has 0 aliphatic rings. The van der Waals surface area contributed by atoms with Crippen LogP contribution in [0.5, 0.6) is 0 Å². The molecule has 0 spiro atoms. The Morgan fingerprint density at radius 2 is 2.06 bits per heavy atom. The number of nitrogens with zero attached hydrogens (tertiary/aromatic N) is 1. The van der Waals surface area contributed by atoms with Gasteiger partial charge >= 0.3 is 13.3 Å². The smallest absolute Gasteiger partial charge is 0.335 e. The maximum atomic E-state index is 12.9. The molecule has 2 atom stereocenters. The largest absolute Gasteiger partial charge is 0.404 e. The Balaban J connectivity index is 5.22. The van der Waals surface area contributed by atoms with Crippen molar-refractivity contribution in [2.75, 3.05) is 33.9 Å². The van der Waals surface area contributed by atoms with Crippen LogP contribution in [0.15, 0.2) is 12.7 Å². The Bertz CT molecular complexity index is 335. The minimum atomic E-state index is -3.24. The Labute approximate surface area is 109 Å². The van der Waals surface area contributed by atoms with Gasteiger partial charge in [-0.2, -0.15) is 0 Å². The van der Waals surface area contributed by atoms with Gasteiger partial charge in [0.25, 0.3) is 0 Å². The van der Waals surface area contributed by atoms with Gasteiger partial charge in [-0.05, 0) is 6.42 Å². The third-order valence-electron chi connectivity index (χ3n) is 2.75. The number of unbranched alkanes of at least 4 members (excludes halogenated alkanes) is 1. The Kier molecular flexibility index (Phi) is 6.82. The predicted octanol–water partition coefficient (Wildman–Crippen LogP) is 1.82. The van der Waals surface area contributed by atoms with Crippen molar-refractivity contribution in [2.24, 2.45) is 0 Å². The molecule has 18 heavy (non-hydrogen) atoms. The highest BCUT2D eigenvalue weighted by Crippen LogP contribution is 2.54. The third-order valence-corrected chi connectivity index (χ3v) is 5.94. The molecule has 6 heteroatoms. The molecule has 0 rings (SSSR count). The Morgan fingerprint density at radius 1 is 1.50 bits per heavy atom. The first-order valence-electron chi connectivity index (χ1n) is 6.08. The minimum absolute atomic E-state index is 0.280. The summed E-state index contributed by atoms with van der Waals surface area (Å²) in [4.78, 5) is 11.3. The Hall–Kier alpha value is -0.640. The van der Waals surface area contributed by atoms with Crippen LogP contribution in [0.1, 0.15) is 19.8 Å². The maximum Gasteiger partial charge on any atom is 0.335 e. The average molecular weight is 278 g/mol. The third kappa shape index (κ3) is 4.92. The summed E-state index contributed by atoms with van der Waals surface area (Å²) in [6, 6.07) is 0. The van der Waals surface area contributed by atoms with Crippen molar-refractivity contribution >= 4 is 13.3 Å². The summed E-state index contributed by atoms with van der Waals surface area (Å²) in [5.74, 6) is -1.30. The van der Waals surface area contributed by atoms with E-state index in [-0.39, 0.29) is 11.1 Å². The molecule has 0 fully saturated rings. The first-order chi connectivity index (χ1) is 8.21. The van der Waals surface area contributed by atoms with Gasteiger partial charge in [-0.15, -0.1) is 0 Å². The first kappa shape index (κ1) is 17.4. The van der Waals surface area contributed by atoms with Gasteiger partial charge in [-0.25, -0.2) is 4.79 Å². The van der Waals surface area contributed by atoms with Crippen molar-refractivity contribution in [2.45, 2.75) is 25.5 Å². The van der Waals surface area contributed by atoms with Crippen LogP contribution in [0, 0.1) is 0 Å². The fraction of sp³-hybridized carbons (Fsp3) is 0.750. The predicted molar refractivity (Wildman–Crippen MR) is 72.6 cm³/mol. The second-order valence-corrected chi connectivity index (χ2v) is 7.88. The standard InChI is InChI=1S/C12H25NO4P/c1-6-8-9-18(16,17-12(15)7-2)11(10-14)13(3,4)5/h7,11,14H,2,6,8-10H2,1,3-5H3/q+1. The van der Waals surface area contributed by atoms with E-state index in [4.69, 9.17) is 4.52 Å². The van der Waals surface area contributed by atoms with Crippen LogP contribution in [0.3, 0.4) is 0 Å². The summed E-state index contributed by atoms with van der Waals surface area (Å²) in [5, 5.41) is 9.48. The molecular formula is C12H25NO4P+. The minimum Gasteiger partial charge on any atom is -0.404 e. The number of hydrogen-bond acceptors (Lipinski definition) is 4. The molecule has 106 valence electrons. The lowest BCUT2D eigenvalue weighted by atomic mass is 10.4. The molecule has 0 aromatic carbocycles. The van der Waals surface area contributed by atoms with E-state index in [0.29, 0.717) is 12.6 Å². The highest BCUT2D eigenvalue weighted by atomic mass is 31.2. The van der Waals surface area contributed by atoms with E-state index in [0.717, 1.165) is 12.5 Å². The van der Waals surface area contributed by atoms with Gasteiger partial charge in [-0.1, -0.05) is 19.9 Å². The van der Waals surface area contributed by atoms with Crippen molar-refractivity contribution in [3.05, 3.63) is 12.7 Å². The Morgan fingerprint density at radius 3 is 2.39 bits per heavy atom. The van der Waals surface area contributed by atoms with E-state index in [9.17, 15) is 14.5 Å². The van der Waals surface area contributed by atoms with Gasteiger partial charge in [0, 0.05) is 12.2 Å². The van der Waals surface area contributed by atoms with Crippen molar-refractivity contribution in [3.63, 3.8) is 0 Å². The zero-order valence-electron chi connectivity index (χ0n) is 11.8. The van der Waals surface area contributed by atoms with E-state index in [2.05, 4.69) is 6.58 Å². The van der Waals surface area contributed by atoms with E-state index in [1.807, 2.05) is 28.1 Å². The molecule has 0 amide bonds. The molecule has 0 saturated heterocycles. The van der Waals surface area contributed by atoms with Crippen molar-refractivity contribution < 1.29 is 23.5 Å². The van der Waals surface area contributed by atoms with Crippen molar-refractivity contribution in [1.29, 1.82) is 0 Å². The van der Waals surface area contributed by atoms with Crippen molar-refractivity contribution in [3.8, 4) is 0 Å². The van der Waals surface area contributed by atoms with Crippen molar-refractivity contribution in [1.82, 2.24) is 0 Å². The molecule has 0 aromatic heterocycles. The molecular weight excluding hydrogens is 253 g/mol. The van der Waals surface area contributed by atoms with Crippen LogP contribution in [0.4, 0.5) is 0 Å². The second kappa shape index (κ2) is 7.07. The van der Waals surface area contributed by atoms with E-state index in [1.54, 1.807) is 0 Å². The molecule has 0 aliphatic carbocycles. The van der Waals surface area contributed by atoms with Gasteiger partial charge in [-0.3, -0.25) is 4.57 Å². The van der Waals surface area contributed by atoms with Crippen LogP contribution in [-0.4, -0.2) is 55.3 Å². The summed E-state index contributed by atoms with van der Waals surface area (Å²) in [7, 11) is 2.22. The summed E-state index contributed by atoms with van der Waals surface area (Å²) in [6.45, 7) is 5.00. The molecule has 0 aromatic rings. The lowest BCUT2D eigenvalue weighted by Crippen LogP contribution is -2.48. The highest BCUT2D eigenvalue weighted by Gasteiger charge is 2.44.